The molecule has 2 heteroatoms. The van der Waals surface area contributed by atoms with E-state index in [1.807, 2.05) is 13.0 Å². The molecule has 1 N–H and O–H groups in total. The largest absolute Gasteiger partial charge is 0.312 e. The molecule has 1 aliphatic carbocycles. The molecule has 0 spiro atoms. The lowest BCUT2D eigenvalue weighted by Crippen LogP contribution is -2.29. The van der Waals surface area contributed by atoms with Gasteiger partial charge < -0.3 is 5.32 Å². The van der Waals surface area contributed by atoms with Crippen LogP contribution in [0.1, 0.15) is 43.7 Å². The molecule has 1 aliphatic rings. The first-order chi connectivity index (χ1) is 8.09. The van der Waals surface area contributed by atoms with E-state index in [4.69, 9.17) is 0 Å². The molecule has 1 aromatic rings. The van der Waals surface area contributed by atoms with Gasteiger partial charge in [-0.3, -0.25) is 0 Å². The zero-order chi connectivity index (χ0) is 12.3. The van der Waals surface area contributed by atoms with E-state index in [9.17, 15) is 4.39 Å². The number of hydrogen-bond acceptors (Lipinski definition) is 1. The second-order valence-electron chi connectivity index (χ2n) is 5.69. The average molecular weight is 235 g/mol. The summed E-state index contributed by atoms with van der Waals surface area (Å²) in [6.45, 7) is 6.26. The van der Waals surface area contributed by atoms with Gasteiger partial charge in [0.25, 0.3) is 0 Å². The Hall–Kier alpha value is -0.890. The minimum Gasteiger partial charge on any atom is -0.312 e. The van der Waals surface area contributed by atoms with Crippen molar-refractivity contribution in [3.63, 3.8) is 0 Å². The maximum absolute atomic E-state index is 13.0. The standard InChI is InChI=1S/C15H22FN/c1-12-9-14(16)6-5-13(12)10-17-11-15(2)7-3-4-8-15/h5-6,9,17H,3-4,7-8,10-11H2,1-2H3. The fourth-order valence-corrected chi connectivity index (χ4v) is 2.76. The van der Waals surface area contributed by atoms with Gasteiger partial charge in [0.2, 0.25) is 0 Å². The summed E-state index contributed by atoms with van der Waals surface area (Å²) in [5.74, 6) is -0.144. The van der Waals surface area contributed by atoms with Gasteiger partial charge in [0, 0.05) is 13.1 Å². The van der Waals surface area contributed by atoms with Crippen LogP contribution in [0.5, 0.6) is 0 Å². The molecule has 0 aliphatic heterocycles. The third-order valence-electron chi connectivity index (χ3n) is 3.98. The van der Waals surface area contributed by atoms with Gasteiger partial charge in [0.1, 0.15) is 5.82 Å². The topological polar surface area (TPSA) is 12.0 Å². The molecule has 94 valence electrons. The van der Waals surface area contributed by atoms with Crippen LogP contribution in [0.25, 0.3) is 0 Å². The van der Waals surface area contributed by atoms with Crippen molar-refractivity contribution >= 4 is 0 Å². The quantitative estimate of drug-likeness (QED) is 0.837. The highest BCUT2D eigenvalue weighted by Crippen LogP contribution is 2.36. The fourth-order valence-electron chi connectivity index (χ4n) is 2.76. The molecule has 1 saturated carbocycles. The van der Waals surface area contributed by atoms with Crippen LogP contribution in [0.2, 0.25) is 0 Å². The highest BCUT2D eigenvalue weighted by Gasteiger charge is 2.27. The molecule has 0 amide bonds. The zero-order valence-corrected chi connectivity index (χ0v) is 10.9. The Morgan fingerprint density at radius 3 is 2.65 bits per heavy atom. The first kappa shape index (κ1) is 12.6. The molecule has 0 unspecified atom stereocenters. The molecule has 0 radical (unpaired) electrons. The highest BCUT2D eigenvalue weighted by molar-refractivity contribution is 5.26. The first-order valence-corrected chi connectivity index (χ1v) is 6.55. The van der Waals surface area contributed by atoms with Crippen LogP contribution < -0.4 is 5.32 Å². The summed E-state index contributed by atoms with van der Waals surface area (Å²) in [6, 6.07) is 5.03. The van der Waals surface area contributed by atoms with Gasteiger partial charge in [0.05, 0.1) is 0 Å². The van der Waals surface area contributed by atoms with Gasteiger partial charge in [-0.25, -0.2) is 4.39 Å². The van der Waals surface area contributed by atoms with Crippen LogP contribution in [0.15, 0.2) is 18.2 Å². The normalized spacial score (nSPS) is 18.5. The third kappa shape index (κ3) is 3.29. The van der Waals surface area contributed by atoms with Crippen molar-refractivity contribution in [2.45, 2.75) is 46.1 Å². The van der Waals surface area contributed by atoms with Crippen LogP contribution >= 0.6 is 0 Å². The fraction of sp³-hybridized carbons (Fsp3) is 0.600. The monoisotopic (exact) mass is 235 g/mol. The number of hydrogen-bond donors (Lipinski definition) is 1. The molecule has 1 fully saturated rings. The number of aryl methyl sites for hydroxylation is 1. The Labute approximate surface area is 103 Å². The summed E-state index contributed by atoms with van der Waals surface area (Å²) in [5, 5.41) is 3.52. The molecule has 0 atom stereocenters. The summed E-state index contributed by atoms with van der Waals surface area (Å²) in [6.07, 6.45) is 5.41. The molecular formula is C15H22FN. The van der Waals surface area contributed by atoms with E-state index >= 15 is 0 Å². The van der Waals surface area contributed by atoms with Gasteiger partial charge in [-0.2, -0.15) is 0 Å². The minimum absolute atomic E-state index is 0.144. The molecule has 0 saturated heterocycles. The number of benzene rings is 1. The van der Waals surface area contributed by atoms with Crippen LogP contribution in [0.4, 0.5) is 4.39 Å². The molecule has 0 heterocycles. The summed E-state index contributed by atoms with van der Waals surface area (Å²) in [4.78, 5) is 0. The predicted molar refractivity (Wildman–Crippen MR) is 69.4 cm³/mol. The van der Waals surface area contributed by atoms with Crippen molar-refractivity contribution in [2.75, 3.05) is 6.54 Å². The van der Waals surface area contributed by atoms with Crippen molar-refractivity contribution in [1.82, 2.24) is 5.32 Å². The Bertz CT molecular complexity index is 381. The molecule has 1 aromatic carbocycles. The van der Waals surface area contributed by atoms with Crippen LogP contribution in [0.3, 0.4) is 0 Å². The summed E-state index contributed by atoms with van der Waals surface area (Å²) in [7, 11) is 0. The van der Waals surface area contributed by atoms with E-state index in [2.05, 4.69) is 12.2 Å². The maximum Gasteiger partial charge on any atom is 0.123 e. The highest BCUT2D eigenvalue weighted by atomic mass is 19.1. The molecule has 2 rings (SSSR count). The van der Waals surface area contributed by atoms with Crippen molar-refractivity contribution in [3.05, 3.63) is 35.1 Å². The molecule has 1 nitrogen and oxygen atoms in total. The second kappa shape index (κ2) is 5.18. The van der Waals surface area contributed by atoms with Crippen LogP contribution in [-0.2, 0) is 6.54 Å². The average Bonchev–Trinajstić information content (AvgIpc) is 2.69. The number of rotatable bonds is 4. The van der Waals surface area contributed by atoms with Crippen LogP contribution in [0, 0.1) is 18.2 Å². The van der Waals surface area contributed by atoms with Gasteiger partial charge in [0.15, 0.2) is 0 Å². The summed E-state index contributed by atoms with van der Waals surface area (Å²) in [5.41, 5.74) is 2.72. The Morgan fingerprint density at radius 2 is 2.00 bits per heavy atom. The summed E-state index contributed by atoms with van der Waals surface area (Å²) >= 11 is 0. The first-order valence-electron chi connectivity index (χ1n) is 6.55. The Balaban J connectivity index is 1.85. The SMILES string of the molecule is Cc1cc(F)ccc1CNCC1(C)CCCC1. The van der Waals surface area contributed by atoms with Gasteiger partial charge in [-0.15, -0.1) is 0 Å². The minimum atomic E-state index is -0.144. The van der Waals surface area contributed by atoms with Gasteiger partial charge in [-0.1, -0.05) is 25.8 Å². The number of halogens is 1. The molecule has 17 heavy (non-hydrogen) atoms. The van der Waals surface area contributed by atoms with E-state index in [1.54, 1.807) is 12.1 Å². The van der Waals surface area contributed by atoms with E-state index in [-0.39, 0.29) is 5.82 Å². The Kier molecular flexibility index (Phi) is 3.82. The van der Waals surface area contributed by atoms with Crippen LogP contribution in [-0.4, -0.2) is 6.54 Å². The van der Waals surface area contributed by atoms with Crippen molar-refractivity contribution < 1.29 is 4.39 Å². The van der Waals surface area contributed by atoms with E-state index < -0.39 is 0 Å². The van der Waals surface area contributed by atoms with Gasteiger partial charge >= 0.3 is 0 Å². The maximum atomic E-state index is 13.0. The lowest BCUT2D eigenvalue weighted by atomic mass is 9.89. The van der Waals surface area contributed by atoms with Crippen molar-refractivity contribution in [3.8, 4) is 0 Å². The molecule has 0 aromatic heterocycles. The third-order valence-corrected chi connectivity index (χ3v) is 3.98. The second-order valence-corrected chi connectivity index (χ2v) is 5.69. The summed E-state index contributed by atoms with van der Waals surface area (Å²) < 4.78 is 13.0. The van der Waals surface area contributed by atoms with Crippen molar-refractivity contribution in [1.29, 1.82) is 0 Å². The van der Waals surface area contributed by atoms with E-state index in [1.165, 1.54) is 31.2 Å². The van der Waals surface area contributed by atoms with Crippen molar-refractivity contribution in [2.24, 2.45) is 5.41 Å². The Morgan fingerprint density at radius 1 is 1.29 bits per heavy atom. The van der Waals surface area contributed by atoms with E-state index in [0.29, 0.717) is 5.41 Å². The lowest BCUT2D eigenvalue weighted by molar-refractivity contribution is 0.314. The number of nitrogens with one attached hydrogen (secondary N) is 1. The lowest BCUT2D eigenvalue weighted by Gasteiger charge is -2.24. The zero-order valence-electron chi connectivity index (χ0n) is 10.9. The predicted octanol–water partition coefficient (Wildman–Crippen LogP) is 3.80. The van der Waals surface area contributed by atoms with E-state index in [0.717, 1.165) is 18.7 Å². The molecular weight excluding hydrogens is 213 g/mol. The van der Waals surface area contributed by atoms with Gasteiger partial charge in [-0.05, 0) is 48.4 Å². The smallest absolute Gasteiger partial charge is 0.123 e. The molecule has 0 bridgehead atoms.